The van der Waals surface area contributed by atoms with E-state index >= 15 is 0 Å². The number of hydrogen-bond acceptors (Lipinski definition) is 3. The summed E-state index contributed by atoms with van der Waals surface area (Å²) >= 11 is 0. The van der Waals surface area contributed by atoms with Crippen molar-refractivity contribution < 1.29 is 21.9 Å². The highest BCUT2D eigenvalue weighted by atomic mass is 15.3. The largest absolute Gasteiger partial charge is 0.309 e. The van der Waals surface area contributed by atoms with Crippen molar-refractivity contribution >= 4 is 65.4 Å². The first-order valence-electron chi connectivity index (χ1n) is 23.8. The number of fused-ring (bicyclic) bond motifs is 9. The van der Waals surface area contributed by atoms with E-state index < -0.39 is 84.6 Å². The van der Waals surface area contributed by atoms with Crippen LogP contribution in [0.15, 0.2) is 169 Å². The van der Waals surface area contributed by atoms with E-state index in [1.807, 2.05) is 0 Å². The van der Waals surface area contributed by atoms with Gasteiger partial charge in [-0.2, -0.15) is 15.0 Å². The Labute approximate surface area is 314 Å². The number of nitrogens with zero attached hydrogens (tertiary/aromatic N) is 6. The van der Waals surface area contributed by atoms with E-state index in [9.17, 15) is 5.48 Å². The Balaban J connectivity index is 1.35. The standard InChI is InChI=1S/C45H28N6/c1-8-22-36-29(15-1)30-16-2-9-23-37(30)49(36)42-28-14-7-21-35(42)43-46-44(50-38-24-10-3-17-31(38)32-18-4-11-25-39(32)50)48-45(47-43)51-40-26-12-5-19-33(40)34-20-6-13-27-41(34)51/h1-28H/i1D,2D,3D,5D,8D,9D,10D,12D,15D,16D,17D,19D,22D,23D,24D,26D. The third-order valence-corrected chi connectivity index (χ3v) is 9.04. The highest BCUT2D eigenvalue weighted by Gasteiger charge is 2.22. The molecule has 0 N–H and O–H groups in total. The van der Waals surface area contributed by atoms with Crippen LogP contribution in [0.25, 0.3) is 94.4 Å². The molecule has 4 aromatic heterocycles. The van der Waals surface area contributed by atoms with Gasteiger partial charge in [0.2, 0.25) is 11.9 Å². The third kappa shape index (κ3) is 4.01. The lowest BCUT2D eigenvalue weighted by Crippen LogP contribution is -2.11. The number of benzene rings is 7. The molecule has 6 heteroatoms. The van der Waals surface area contributed by atoms with Gasteiger partial charge in [0.25, 0.3) is 0 Å². The van der Waals surface area contributed by atoms with E-state index in [2.05, 4.69) is 0 Å². The minimum absolute atomic E-state index is 0.0158. The summed E-state index contributed by atoms with van der Waals surface area (Å²) in [6, 6.07) is 12.0. The summed E-state index contributed by atoms with van der Waals surface area (Å²) < 4.78 is 146. The minimum Gasteiger partial charge on any atom is -0.309 e. The van der Waals surface area contributed by atoms with Crippen molar-refractivity contribution in [1.82, 2.24) is 28.7 Å². The highest BCUT2D eigenvalue weighted by molar-refractivity contribution is 6.11. The molecule has 0 spiro atoms. The molecule has 0 aliphatic carbocycles. The van der Waals surface area contributed by atoms with Crippen molar-refractivity contribution in [3.8, 4) is 29.0 Å². The summed E-state index contributed by atoms with van der Waals surface area (Å²) in [4.78, 5) is 15.0. The molecule has 0 aliphatic heterocycles. The van der Waals surface area contributed by atoms with E-state index in [0.29, 0.717) is 21.8 Å². The average Bonchev–Trinajstić information content (AvgIpc) is 4.01. The molecule has 0 amide bonds. The van der Waals surface area contributed by atoms with Crippen molar-refractivity contribution in [2.24, 2.45) is 0 Å². The number of hydrogen-bond donors (Lipinski definition) is 0. The van der Waals surface area contributed by atoms with Gasteiger partial charge < -0.3 is 4.57 Å². The molecular formula is C45H28N6. The molecular weight excluding hydrogens is 625 g/mol. The zero-order valence-electron chi connectivity index (χ0n) is 42.1. The van der Waals surface area contributed by atoms with Crippen molar-refractivity contribution in [2.45, 2.75) is 0 Å². The first-order valence-corrected chi connectivity index (χ1v) is 15.8. The third-order valence-electron chi connectivity index (χ3n) is 9.04. The predicted molar refractivity (Wildman–Crippen MR) is 208 cm³/mol. The summed E-state index contributed by atoms with van der Waals surface area (Å²) in [5, 5.41) is 0.910. The van der Waals surface area contributed by atoms with E-state index in [1.165, 1.54) is 13.7 Å². The Kier molecular flexibility index (Phi) is 3.48. The topological polar surface area (TPSA) is 53.5 Å². The highest BCUT2D eigenvalue weighted by Crippen LogP contribution is 2.37. The molecule has 0 fully saturated rings. The van der Waals surface area contributed by atoms with Gasteiger partial charge in [0, 0.05) is 37.9 Å². The maximum Gasteiger partial charge on any atom is 0.240 e. The molecule has 4 heterocycles. The number of aromatic nitrogens is 6. The second kappa shape index (κ2) is 10.7. The van der Waals surface area contributed by atoms with Crippen LogP contribution in [0.5, 0.6) is 0 Å². The summed E-state index contributed by atoms with van der Waals surface area (Å²) in [5.41, 5.74) is 0.701. The van der Waals surface area contributed by atoms with Crippen LogP contribution < -0.4 is 0 Å². The van der Waals surface area contributed by atoms with Crippen LogP contribution >= 0.6 is 0 Å². The van der Waals surface area contributed by atoms with Gasteiger partial charge in [-0.3, -0.25) is 9.13 Å². The minimum atomic E-state index is -0.620. The van der Waals surface area contributed by atoms with Gasteiger partial charge in [0.05, 0.1) is 60.7 Å². The second-order valence-electron chi connectivity index (χ2n) is 11.7. The Hall–Kier alpha value is -7.05. The normalized spacial score (nSPS) is 16.3. The molecule has 6 nitrogen and oxygen atoms in total. The summed E-state index contributed by atoms with van der Waals surface area (Å²) in [7, 11) is 0. The van der Waals surface area contributed by atoms with Gasteiger partial charge >= 0.3 is 0 Å². The lowest BCUT2D eigenvalue weighted by atomic mass is 10.1. The first kappa shape index (κ1) is 16.6. The number of para-hydroxylation sites is 7. The molecule has 0 aliphatic rings. The van der Waals surface area contributed by atoms with Gasteiger partial charge in [-0.25, -0.2) is 0 Å². The quantitative estimate of drug-likeness (QED) is 0.188. The van der Waals surface area contributed by atoms with E-state index in [0.717, 1.165) is 0 Å². The molecule has 7 aromatic carbocycles. The SMILES string of the molecule is [2H]c1c([2H])c([2H])c2c(c1[2H])c1ccccc1n2-c1nc(-c2ccccc2-n2c3c([2H])c([2H])c([2H])c([2H])c3c3c([2H])c([2H])c([2H])c([2H])c32)nc(-n2c3ccccc3c3c([2H])c([2H])c([2H])c([2H])c32)n1. The fourth-order valence-corrected chi connectivity index (χ4v) is 6.95. The number of rotatable bonds is 4. The van der Waals surface area contributed by atoms with Crippen molar-refractivity contribution in [1.29, 1.82) is 0 Å². The fraction of sp³-hybridized carbons (Fsp3) is 0. The van der Waals surface area contributed by atoms with Crippen LogP contribution in [0.3, 0.4) is 0 Å². The van der Waals surface area contributed by atoms with Crippen molar-refractivity contribution in [3.63, 3.8) is 0 Å². The van der Waals surface area contributed by atoms with Crippen molar-refractivity contribution in [3.05, 3.63) is 169 Å². The van der Waals surface area contributed by atoms with E-state index in [1.54, 1.807) is 72.8 Å². The molecule has 0 saturated carbocycles. The van der Waals surface area contributed by atoms with Crippen LogP contribution in [0.4, 0.5) is 0 Å². The Morgan fingerprint density at radius 1 is 0.353 bits per heavy atom. The predicted octanol–water partition coefficient (Wildman–Crippen LogP) is 10.8. The van der Waals surface area contributed by atoms with E-state index in [4.69, 9.17) is 31.4 Å². The molecule has 0 unspecified atom stereocenters. The second-order valence-corrected chi connectivity index (χ2v) is 11.7. The summed E-state index contributed by atoms with van der Waals surface area (Å²) in [6.45, 7) is 0. The molecule has 0 radical (unpaired) electrons. The smallest absolute Gasteiger partial charge is 0.240 e. The Bertz CT molecular complexity index is 3850. The molecule has 11 aromatic rings. The molecule has 11 rings (SSSR count). The maximum absolute atomic E-state index is 9.19. The summed E-state index contributed by atoms with van der Waals surface area (Å²) in [5.74, 6) is -0.529. The van der Waals surface area contributed by atoms with Gasteiger partial charge in [0.15, 0.2) is 5.82 Å². The van der Waals surface area contributed by atoms with Gasteiger partial charge in [0.1, 0.15) is 0 Å². The zero-order chi connectivity index (χ0) is 47.4. The van der Waals surface area contributed by atoms with Gasteiger partial charge in [-0.1, -0.05) is 121 Å². The van der Waals surface area contributed by atoms with Crippen molar-refractivity contribution in [2.75, 3.05) is 0 Å². The first-order chi connectivity index (χ1) is 32.0. The molecule has 0 bridgehead atoms. The zero-order valence-corrected chi connectivity index (χ0v) is 26.1. The molecule has 0 atom stereocenters. The maximum atomic E-state index is 9.19. The fourth-order valence-electron chi connectivity index (χ4n) is 6.95. The lowest BCUT2D eigenvalue weighted by Gasteiger charge is -2.16. The van der Waals surface area contributed by atoms with Gasteiger partial charge in [-0.15, -0.1) is 0 Å². The van der Waals surface area contributed by atoms with Crippen LogP contribution in [0.1, 0.15) is 21.9 Å². The van der Waals surface area contributed by atoms with Crippen LogP contribution in [-0.4, -0.2) is 28.7 Å². The van der Waals surface area contributed by atoms with Crippen LogP contribution in [-0.2, 0) is 0 Å². The monoisotopic (exact) mass is 668 g/mol. The Morgan fingerprint density at radius 2 is 0.745 bits per heavy atom. The van der Waals surface area contributed by atoms with Gasteiger partial charge in [-0.05, 0) is 48.4 Å². The molecule has 51 heavy (non-hydrogen) atoms. The van der Waals surface area contributed by atoms with E-state index in [-0.39, 0.29) is 84.7 Å². The Morgan fingerprint density at radius 3 is 1.25 bits per heavy atom. The average molecular weight is 669 g/mol. The molecule has 0 saturated heterocycles. The summed E-state index contributed by atoms with van der Waals surface area (Å²) in [6.07, 6.45) is 0. The molecule has 238 valence electrons. The lowest BCUT2D eigenvalue weighted by molar-refractivity contribution is 0.892. The van der Waals surface area contributed by atoms with Crippen LogP contribution in [0, 0.1) is 0 Å². The van der Waals surface area contributed by atoms with Crippen LogP contribution in [0.2, 0.25) is 0 Å².